The summed E-state index contributed by atoms with van der Waals surface area (Å²) >= 11 is 6.45. The van der Waals surface area contributed by atoms with Crippen molar-refractivity contribution in [1.29, 1.82) is 0 Å². The number of nitrogens with zero attached hydrogens (tertiary/aromatic N) is 1. The molecule has 0 bridgehead atoms. The van der Waals surface area contributed by atoms with Crippen LogP contribution in [0, 0.1) is 11.7 Å². The van der Waals surface area contributed by atoms with Gasteiger partial charge in [-0.25, -0.2) is 9.37 Å². The smallest absolute Gasteiger partial charge is 0.213 e. The van der Waals surface area contributed by atoms with E-state index in [1.54, 1.807) is 6.20 Å². The molecule has 0 fully saturated rings. The van der Waals surface area contributed by atoms with Crippen LogP contribution < -0.4 is 4.74 Å². The molecule has 0 N–H and O–H groups in total. The lowest BCUT2D eigenvalue weighted by atomic mass is 9.83. The lowest BCUT2D eigenvalue weighted by Gasteiger charge is -2.23. The third kappa shape index (κ3) is 5.85. The zero-order valence-electron chi connectivity index (χ0n) is 18.2. The molecule has 0 amide bonds. The molecule has 1 atom stereocenters. The van der Waals surface area contributed by atoms with Crippen LogP contribution in [0.25, 0.3) is 16.7 Å². The largest absolute Gasteiger partial charge is 0.478 e. The maximum absolute atomic E-state index is 15.1. The number of aromatic nitrogens is 1. The highest BCUT2D eigenvalue weighted by atomic mass is 35.5. The molecule has 4 heteroatoms. The summed E-state index contributed by atoms with van der Waals surface area (Å²) in [6.45, 7) is 5.01. The molecule has 1 aromatic heterocycles. The Balaban J connectivity index is 1.70. The molecule has 2 aromatic rings. The highest BCUT2D eigenvalue weighted by Gasteiger charge is 2.20. The Labute approximate surface area is 185 Å². The van der Waals surface area contributed by atoms with Crippen molar-refractivity contribution in [1.82, 2.24) is 4.98 Å². The lowest BCUT2D eigenvalue weighted by Crippen LogP contribution is -2.06. The molecule has 1 unspecified atom stereocenters. The number of pyridine rings is 1. The second-order valence-electron chi connectivity index (χ2n) is 8.24. The highest BCUT2D eigenvalue weighted by molar-refractivity contribution is 6.33. The number of allylic oxidation sites excluding steroid dienone is 2. The van der Waals surface area contributed by atoms with E-state index >= 15 is 4.39 Å². The van der Waals surface area contributed by atoms with Crippen molar-refractivity contribution in [3.8, 4) is 17.0 Å². The van der Waals surface area contributed by atoms with Crippen LogP contribution in [0.15, 0.2) is 36.5 Å². The summed E-state index contributed by atoms with van der Waals surface area (Å²) in [6, 6.07) is 7.47. The molecule has 1 aliphatic carbocycles. The van der Waals surface area contributed by atoms with Gasteiger partial charge in [-0.15, -0.1) is 0 Å². The first kappa shape index (κ1) is 22.8. The molecule has 0 saturated heterocycles. The van der Waals surface area contributed by atoms with Crippen molar-refractivity contribution in [2.45, 2.75) is 71.6 Å². The molecule has 1 heterocycles. The first-order valence-electron chi connectivity index (χ1n) is 11.4. The normalized spacial score (nSPS) is 16.4. The molecule has 162 valence electrons. The van der Waals surface area contributed by atoms with Crippen molar-refractivity contribution >= 4 is 17.2 Å². The molecule has 1 aromatic carbocycles. The second-order valence-corrected chi connectivity index (χ2v) is 8.62. The van der Waals surface area contributed by atoms with E-state index in [0.717, 1.165) is 49.2 Å². The molecule has 3 rings (SSSR count). The summed E-state index contributed by atoms with van der Waals surface area (Å²) < 4.78 is 20.7. The van der Waals surface area contributed by atoms with Gasteiger partial charge in [-0.1, -0.05) is 75.8 Å². The number of rotatable bonds is 10. The zero-order chi connectivity index (χ0) is 21.3. The summed E-state index contributed by atoms with van der Waals surface area (Å²) in [6.07, 6.45) is 14.2. The van der Waals surface area contributed by atoms with E-state index in [2.05, 4.69) is 24.9 Å². The van der Waals surface area contributed by atoms with Crippen molar-refractivity contribution < 1.29 is 9.13 Å². The van der Waals surface area contributed by atoms with E-state index in [1.807, 2.05) is 24.3 Å². The first-order chi connectivity index (χ1) is 14.6. The third-order valence-electron chi connectivity index (χ3n) is 5.96. The van der Waals surface area contributed by atoms with Gasteiger partial charge >= 0.3 is 0 Å². The van der Waals surface area contributed by atoms with Gasteiger partial charge < -0.3 is 4.74 Å². The van der Waals surface area contributed by atoms with Gasteiger partial charge in [0, 0.05) is 29.0 Å². The lowest BCUT2D eigenvalue weighted by molar-refractivity contribution is 0.298. The summed E-state index contributed by atoms with van der Waals surface area (Å²) in [7, 11) is 0. The van der Waals surface area contributed by atoms with Crippen molar-refractivity contribution in [2.75, 3.05) is 6.61 Å². The Kier molecular flexibility index (Phi) is 8.74. The van der Waals surface area contributed by atoms with Crippen LogP contribution in [-0.4, -0.2) is 11.6 Å². The fraction of sp³-hybridized carbons (Fsp3) is 0.500. The number of benzene rings is 1. The van der Waals surface area contributed by atoms with Crippen molar-refractivity contribution in [2.24, 2.45) is 5.92 Å². The van der Waals surface area contributed by atoms with Crippen molar-refractivity contribution in [3.05, 3.63) is 52.9 Å². The molecule has 0 radical (unpaired) electrons. The Morgan fingerprint density at radius 2 is 1.87 bits per heavy atom. The Bertz CT molecular complexity index is 847. The minimum absolute atomic E-state index is 0.167. The molecule has 0 spiro atoms. The molecule has 0 saturated carbocycles. The predicted molar refractivity (Wildman–Crippen MR) is 125 cm³/mol. The number of unbranched alkanes of at least 4 members (excludes halogenated alkanes) is 3. The quantitative estimate of drug-likeness (QED) is 0.353. The SMILES string of the molecule is CCCCCC1CC=C(c2ccc(-c3ccc(OCCCC)nc3)c(Cl)c2F)CC1. The van der Waals surface area contributed by atoms with E-state index in [1.165, 1.54) is 25.7 Å². The van der Waals surface area contributed by atoms with Crippen molar-refractivity contribution in [3.63, 3.8) is 0 Å². The van der Waals surface area contributed by atoms with Crippen LogP contribution in [-0.2, 0) is 0 Å². The summed E-state index contributed by atoms with van der Waals surface area (Å²) in [5.74, 6) is 0.997. The van der Waals surface area contributed by atoms with Crippen LogP contribution in [0.1, 0.15) is 77.2 Å². The topological polar surface area (TPSA) is 22.1 Å². The molecule has 30 heavy (non-hydrogen) atoms. The van der Waals surface area contributed by atoms with Gasteiger partial charge in [0.1, 0.15) is 5.82 Å². The van der Waals surface area contributed by atoms with Crippen LogP contribution in [0.2, 0.25) is 5.02 Å². The Morgan fingerprint density at radius 3 is 2.53 bits per heavy atom. The standard InChI is InChI=1S/C26H33ClFNO/c1-3-5-7-8-19-9-11-20(12-10-19)23-15-14-22(25(27)26(23)28)21-13-16-24(29-18-21)30-17-6-4-2/h11,13-16,18-19H,3-10,12,17H2,1-2H3. The summed E-state index contributed by atoms with van der Waals surface area (Å²) in [5.41, 5.74) is 3.19. The Morgan fingerprint density at radius 1 is 1.07 bits per heavy atom. The second kappa shape index (κ2) is 11.5. The fourth-order valence-corrected chi connectivity index (χ4v) is 4.32. The molecule has 1 aliphatic rings. The van der Waals surface area contributed by atoms with Gasteiger partial charge in [0.2, 0.25) is 5.88 Å². The van der Waals surface area contributed by atoms with E-state index in [4.69, 9.17) is 16.3 Å². The average molecular weight is 430 g/mol. The number of ether oxygens (including phenoxy) is 1. The van der Waals surface area contributed by atoms with Gasteiger partial charge in [-0.2, -0.15) is 0 Å². The molecular weight excluding hydrogens is 397 g/mol. The van der Waals surface area contributed by atoms with E-state index in [-0.39, 0.29) is 10.8 Å². The monoisotopic (exact) mass is 429 g/mol. The minimum atomic E-state index is -0.326. The number of hydrogen-bond donors (Lipinski definition) is 0. The van der Waals surface area contributed by atoms with E-state index in [0.29, 0.717) is 23.6 Å². The Hall–Kier alpha value is -1.87. The van der Waals surface area contributed by atoms with E-state index in [9.17, 15) is 0 Å². The first-order valence-corrected chi connectivity index (χ1v) is 11.8. The van der Waals surface area contributed by atoms with Crippen LogP contribution >= 0.6 is 11.6 Å². The summed E-state index contributed by atoms with van der Waals surface area (Å²) in [4.78, 5) is 4.33. The van der Waals surface area contributed by atoms with Gasteiger partial charge in [-0.05, 0) is 43.2 Å². The third-order valence-corrected chi connectivity index (χ3v) is 6.33. The van der Waals surface area contributed by atoms with Crippen LogP contribution in [0.4, 0.5) is 4.39 Å². The molecular formula is C26H33ClFNO. The van der Waals surface area contributed by atoms with Gasteiger partial charge in [-0.3, -0.25) is 0 Å². The van der Waals surface area contributed by atoms with Crippen LogP contribution in [0.5, 0.6) is 5.88 Å². The average Bonchev–Trinajstić information content (AvgIpc) is 2.77. The predicted octanol–water partition coefficient (Wildman–Crippen LogP) is 8.48. The maximum Gasteiger partial charge on any atom is 0.213 e. The summed E-state index contributed by atoms with van der Waals surface area (Å²) in [5, 5.41) is 0.167. The minimum Gasteiger partial charge on any atom is -0.478 e. The van der Waals surface area contributed by atoms with Gasteiger partial charge in [0.25, 0.3) is 0 Å². The highest BCUT2D eigenvalue weighted by Crippen LogP contribution is 2.38. The number of halogens is 2. The van der Waals surface area contributed by atoms with Gasteiger partial charge in [0.15, 0.2) is 0 Å². The maximum atomic E-state index is 15.1. The van der Waals surface area contributed by atoms with Crippen LogP contribution in [0.3, 0.4) is 0 Å². The van der Waals surface area contributed by atoms with E-state index < -0.39 is 0 Å². The molecule has 2 nitrogen and oxygen atoms in total. The van der Waals surface area contributed by atoms with Gasteiger partial charge in [0.05, 0.1) is 11.6 Å². The molecule has 0 aliphatic heterocycles. The fourth-order valence-electron chi connectivity index (χ4n) is 4.04. The zero-order valence-corrected chi connectivity index (χ0v) is 19.0. The number of hydrogen-bond acceptors (Lipinski definition) is 2.